The standard InChI is InChI=1S/C27H36N2O6/c1-3-19-15-25(32)35-26-18(2)22(10-9-21(19)26)34-17-23(30)28-13-6-8-24(31)29-14-12-27(33)11-5-4-7-20(27)16-29/h9-10,15,20,33H,3-8,11-14,16-17H2,1-2H3,(H,28,30)/t20-,27-/m0/s1. The Morgan fingerprint density at radius 2 is 2.11 bits per heavy atom. The molecule has 1 saturated carbocycles. The number of aliphatic hydroxyl groups is 1. The lowest BCUT2D eigenvalue weighted by molar-refractivity contribution is -0.143. The minimum atomic E-state index is -0.587. The Morgan fingerprint density at radius 3 is 2.91 bits per heavy atom. The average Bonchev–Trinajstić information content (AvgIpc) is 2.85. The number of piperidine rings is 1. The fourth-order valence-electron chi connectivity index (χ4n) is 5.47. The topological polar surface area (TPSA) is 109 Å². The number of carbonyl (C=O) groups is 2. The third kappa shape index (κ3) is 5.69. The molecule has 2 atom stereocenters. The number of carbonyl (C=O) groups excluding carboxylic acids is 2. The molecular weight excluding hydrogens is 448 g/mol. The summed E-state index contributed by atoms with van der Waals surface area (Å²) >= 11 is 0. The number of hydrogen-bond donors (Lipinski definition) is 2. The summed E-state index contributed by atoms with van der Waals surface area (Å²) in [6.45, 7) is 5.26. The van der Waals surface area contributed by atoms with E-state index < -0.39 is 11.2 Å². The van der Waals surface area contributed by atoms with Crippen LogP contribution in [0.3, 0.4) is 0 Å². The van der Waals surface area contributed by atoms with Crippen molar-refractivity contribution >= 4 is 22.8 Å². The van der Waals surface area contributed by atoms with Crippen molar-refractivity contribution in [1.82, 2.24) is 10.2 Å². The van der Waals surface area contributed by atoms with Crippen LogP contribution in [0.1, 0.15) is 63.0 Å². The lowest BCUT2D eigenvalue weighted by Gasteiger charge is -2.47. The van der Waals surface area contributed by atoms with Crippen LogP contribution in [0.4, 0.5) is 0 Å². The summed E-state index contributed by atoms with van der Waals surface area (Å²) in [6, 6.07) is 5.13. The van der Waals surface area contributed by atoms with Crippen LogP contribution in [0, 0.1) is 12.8 Å². The molecule has 0 bridgehead atoms. The van der Waals surface area contributed by atoms with Crippen LogP contribution in [0.5, 0.6) is 5.75 Å². The van der Waals surface area contributed by atoms with Crippen molar-refractivity contribution in [1.29, 1.82) is 0 Å². The third-order valence-electron chi connectivity index (χ3n) is 7.61. The molecule has 0 spiro atoms. The number of hydrogen-bond acceptors (Lipinski definition) is 6. The molecule has 0 unspecified atom stereocenters. The number of rotatable bonds is 8. The largest absolute Gasteiger partial charge is 0.483 e. The molecule has 2 heterocycles. The maximum Gasteiger partial charge on any atom is 0.336 e. The summed E-state index contributed by atoms with van der Waals surface area (Å²) in [5.41, 5.74) is 1.09. The van der Waals surface area contributed by atoms with E-state index in [1.807, 2.05) is 17.9 Å². The SMILES string of the molecule is CCc1cc(=O)oc2c(C)c(OCC(=O)NCCCC(=O)N3CC[C@@]4(O)CCCC[C@H]4C3)ccc12. The van der Waals surface area contributed by atoms with Gasteiger partial charge in [-0.25, -0.2) is 4.79 Å². The molecule has 8 nitrogen and oxygen atoms in total. The van der Waals surface area contributed by atoms with Gasteiger partial charge in [0, 0.05) is 49.0 Å². The van der Waals surface area contributed by atoms with E-state index >= 15 is 0 Å². The Labute approximate surface area is 205 Å². The van der Waals surface area contributed by atoms with Gasteiger partial charge in [-0.15, -0.1) is 0 Å². The average molecular weight is 485 g/mol. The normalized spacial score (nSPS) is 22.0. The Hall–Kier alpha value is -2.87. The van der Waals surface area contributed by atoms with Crippen molar-refractivity contribution < 1.29 is 23.8 Å². The molecule has 190 valence electrons. The zero-order chi connectivity index (χ0) is 25.0. The second kappa shape index (κ2) is 10.8. The van der Waals surface area contributed by atoms with Gasteiger partial charge in [0.25, 0.3) is 5.91 Å². The Balaban J connectivity index is 1.21. The molecule has 0 radical (unpaired) electrons. The fraction of sp³-hybridized carbons (Fsp3) is 0.593. The zero-order valence-electron chi connectivity index (χ0n) is 20.7. The molecule has 35 heavy (non-hydrogen) atoms. The summed E-state index contributed by atoms with van der Waals surface area (Å²) < 4.78 is 11.1. The first-order valence-corrected chi connectivity index (χ1v) is 12.8. The smallest absolute Gasteiger partial charge is 0.336 e. The van der Waals surface area contributed by atoms with Crippen molar-refractivity contribution in [2.45, 2.75) is 70.8 Å². The number of nitrogens with one attached hydrogen (secondary N) is 1. The first-order chi connectivity index (χ1) is 16.8. The number of aryl methyl sites for hydroxylation is 2. The molecule has 2 aliphatic rings. The number of likely N-dealkylation sites (tertiary alicyclic amines) is 1. The van der Waals surface area contributed by atoms with Gasteiger partial charge in [0.05, 0.1) is 5.60 Å². The quantitative estimate of drug-likeness (QED) is 0.440. The van der Waals surface area contributed by atoms with E-state index in [-0.39, 0.29) is 24.3 Å². The summed E-state index contributed by atoms with van der Waals surface area (Å²) in [5, 5.41) is 14.5. The summed E-state index contributed by atoms with van der Waals surface area (Å²) in [4.78, 5) is 38.6. The van der Waals surface area contributed by atoms with E-state index in [1.165, 1.54) is 6.07 Å². The van der Waals surface area contributed by atoms with Crippen LogP contribution in [0.25, 0.3) is 11.0 Å². The summed E-state index contributed by atoms with van der Waals surface area (Å²) in [7, 11) is 0. The summed E-state index contributed by atoms with van der Waals surface area (Å²) in [5.74, 6) is 0.492. The number of ether oxygens (including phenoxy) is 1. The van der Waals surface area contributed by atoms with E-state index in [9.17, 15) is 19.5 Å². The highest BCUT2D eigenvalue weighted by Gasteiger charge is 2.43. The van der Waals surface area contributed by atoms with Crippen LogP contribution in [-0.4, -0.2) is 53.7 Å². The lowest BCUT2D eigenvalue weighted by atomic mass is 9.71. The second-order valence-electron chi connectivity index (χ2n) is 9.89. The van der Waals surface area contributed by atoms with Gasteiger partial charge in [0.2, 0.25) is 5.91 Å². The van der Waals surface area contributed by atoms with Crippen LogP contribution < -0.4 is 15.7 Å². The lowest BCUT2D eigenvalue weighted by Crippen LogP contribution is -2.54. The Morgan fingerprint density at radius 1 is 1.29 bits per heavy atom. The van der Waals surface area contributed by atoms with Crippen molar-refractivity contribution in [3.05, 3.63) is 39.7 Å². The highest BCUT2D eigenvalue weighted by Crippen LogP contribution is 2.39. The van der Waals surface area contributed by atoms with Gasteiger partial charge in [0.15, 0.2) is 6.61 Å². The van der Waals surface area contributed by atoms with Crippen LogP contribution >= 0.6 is 0 Å². The predicted octanol–water partition coefficient (Wildman–Crippen LogP) is 3.09. The van der Waals surface area contributed by atoms with Crippen LogP contribution in [0.15, 0.2) is 27.4 Å². The van der Waals surface area contributed by atoms with Gasteiger partial charge in [-0.2, -0.15) is 0 Å². The monoisotopic (exact) mass is 484 g/mol. The summed E-state index contributed by atoms with van der Waals surface area (Å²) in [6.07, 6.45) is 6.32. The van der Waals surface area contributed by atoms with E-state index in [2.05, 4.69) is 5.32 Å². The zero-order valence-corrected chi connectivity index (χ0v) is 20.7. The molecule has 2 N–H and O–H groups in total. The molecule has 1 aromatic carbocycles. The van der Waals surface area contributed by atoms with Gasteiger partial charge in [-0.3, -0.25) is 9.59 Å². The third-order valence-corrected chi connectivity index (χ3v) is 7.61. The minimum Gasteiger partial charge on any atom is -0.483 e. The molecular formula is C27H36N2O6. The van der Waals surface area contributed by atoms with E-state index in [1.54, 1.807) is 13.0 Å². The van der Waals surface area contributed by atoms with E-state index in [0.717, 1.165) is 36.6 Å². The van der Waals surface area contributed by atoms with Gasteiger partial charge >= 0.3 is 5.63 Å². The molecule has 2 aromatic rings. The maximum atomic E-state index is 12.6. The molecule has 8 heteroatoms. The van der Waals surface area contributed by atoms with E-state index in [0.29, 0.717) is 62.2 Å². The molecule has 2 fully saturated rings. The first-order valence-electron chi connectivity index (χ1n) is 12.8. The van der Waals surface area contributed by atoms with Gasteiger partial charge in [-0.1, -0.05) is 19.8 Å². The van der Waals surface area contributed by atoms with Gasteiger partial charge < -0.3 is 24.5 Å². The molecule has 2 amide bonds. The molecule has 1 aromatic heterocycles. The molecule has 4 rings (SSSR count). The van der Waals surface area contributed by atoms with Gasteiger partial charge in [0.1, 0.15) is 11.3 Å². The number of nitrogens with zero attached hydrogens (tertiary/aromatic N) is 1. The van der Waals surface area contributed by atoms with Gasteiger partial charge in [-0.05, 0) is 56.7 Å². The van der Waals surface area contributed by atoms with Crippen molar-refractivity contribution in [3.63, 3.8) is 0 Å². The maximum absolute atomic E-state index is 12.6. The first kappa shape index (κ1) is 25.2. The highest BCUT2D eigenvalue weighted by atomic mass is 16.5. The van der Waals surface area contributed by atoms with Crippen LogP contribution in [0.2, 0.25) is 0 Å². The number of fused-ring (bicyclic) bond motifs is 2. The minimum absolute atomic E-state index is 0.0860. The molecule has 1 aliphatic carbocycles. The fourth-order valence-corrected chi connectivity index (χ4v) is 5.47. The van der Waals surface area contributed by atoms with Crippen LogP contribution in [-0.2, 0) is 16.0 Å². The molecule has 1 saturated heterocycles. The second-order valence-corrected chi connectivity index (χ2v) is 9.89. The highest BCUT2D eigenvalue weighted by molar-refractivity contribution is 5.85. The molecule has 1 aliphatic heterocycles. The predicted molar refractivity (Wildman–Crippen MR) is 132 cm³/mol. The Bertz CT molecular complexity index is 1140. The Kier molecular flexibility index (Phi) is 7.79. The number of amides is 2. The number of benzene rings is 1. The van der Waals surface area contributed by atoms with Crippen molar-refractivity contribution in [2.75, 3.05) is 26.2 Å². The van der Waals surface area contributed by atoms with Crippen molar-refractivity contribution in [3.8, 4) is 5.75 Å². The van der Waals surface area contributed by atoms with Crippen molar-refractivity contribution in [2.24, 2.45) is 5.92 Å². The van der Waals surface area contributed by atoms with E-state index in [4.69, 9.17) is 9.15 Å².